The molecule has 0 aliphatic rings. The van der Waals surface area contributed by atoms with Crippen LogP contribution in [0.4, 0.5) is 0 Å². The first-order chi connectivity index (χ1) is 9.40. The van der Waals surface area contributed by atoms with Gasteiger partial charge in [-0.05, 0) is 47.9 Å². The molecule has 0 aliphatic carbocycles. The molecule has 1 aromatic heterocycles. The van der Waals surface area contributed by atoms with E-state index in [1.165, 1.54) is 24.3 Å². The largest absolute Gasteiger partial charge is 0.380 e. The monoisotopic (exact) mass is 332 g/mol. The highest BCUT2D eigenvalue weighted by molar-refractivity contribution is 7.86. The number of aryl methyl sites for hydroxylation is 1. The molecule has 10 heteroatoms. The van der Waals surface area contributed by atoms with Gasteiger partial charge >= 0.3 is 10.1 Å². The maximum Gasteiger partial charge on any atom is 0.358 e. The number of hydrogen-bond donors (Lipinski definition) is 1. The van der Waals surface area contributed by atoms with Gasteiger partial charge in [-0.3, -0.25) is 4.28 Å². The van der Waals surface area contributed by atoms with Crippen molar-refractivity contribution < 1.29 is 12.7 Å². The van der Waals surface area contributed by atoms with Gasteiger partial charge in [-0.15, -0.1) is 5.10 Å². The number of oxime groups is 1. The Hall–Kier alpha value is -1.71. The Kier molecular flexibility index (Phi) is 4.21. The minimum atomic E-state index is -4.04. The topological polar surface area (TPSA) is 108 Å². The molecular weight excluding hydrogens is 324 g/mol. The highest BCUT2D eigenvalue weighted by Crippen LogP contribution is 2.17. The van der Waals surface area contributed by atoms with E-state index in [2.05, 4.69) is 19.0 Å². The normalized spacial score (nSPS) is 12.4. The number of nitrogens with zero attached hydrogens (tertiary/aromatic N) is 3. The molecule has 0 aliphatic heterocycles. The number of aromatic nitrogens is 2. The molecule has 2 N–H and O–H groups in total. The molecule has 20 heavy (non-hydrogen) atoms. The fraction of sp³-hybridized carbons (Fsp3) is 0.100. The first kappa shape index (κ1) is 14.7. The summed E-state index contributed by atoms with van der Waals surface area (Å²) in [5, 5.41) is 7.55. The second-order valence-electron chi connectivity index (χ2n) is 3.65. The second-order valence-corrected chi connectivity index (χ2v) is 6.37. The number of halogens is 1. The average molecular weight is 333 g/mol. The molecule has 2 aromatic rings. The summed E-state index contributed by atoms with van der Waals surface area (Å²) < 4.78 is 31.9. The SMILES string of the molecule is Cc1nnsc1/C(N)=N\OS(=O)(=O)c1ccc(Cl)cc1. The van der Waals surface area contributed by atoms with Crippen LogP contribution < -0.4 is 5.73 Å². The first-order valence-electron chi connectivity index (χ1n) is 5.22. The van der Waals surface area contributed by atoms with Crippen molar-refractivity contribution in [2.24, 2.45) is 10.9 Å². The summed E-state index contributed by atoms with van der Waals surface area (Å²) in [7, 11) is -4.04. The minimum absolute atomic E-state index is 0.0717. The van der Waals surface area contributed by atoms with Crippen molar-refractivity contribution >= 4 is 39.1 Å². The van der Waals surface area contributed by atoms with Crippen LogP contribution in [-0.2, 0) is 14.4 Å². The van der Waals surface area contributed by atoms with E-state index in [0.717, 1.165) is 11.5 Å². The molecule has 106 valence electrons. The summed E-state index contributed by atoms with van der Waals surface area (Å²) in [5.74, 6) is -0.102. The molecule has 0 amide bonds. The van der Waals surface area contributed by atoms with Gasteiger partial charge in [0.25, 0.3) is 0 Å². The Morgan fingerprint density at radius 1 is 1.40 bits per heavy atom. The molecule has 0 radical (unpaired) electrons. The number of rotatable bonds is 4. The average Bonchev–Trinajstić information content (AvgIpc) is 2.83. The quantitative estimate of drug-likeness (QED) is 0.516. The third kappa shape index (κ3) is 3.24. The lowest BCUT2D eigenvalue weighted by molar-refractivity contribution is 0.338. The molecular formula is C10H9ClN4O3S2. The molecule has 0 saturated carbocycles. The van der Waals surface area contributed by atoms with E-state index in [-0.39, 0.29) is 10.7 Å². The summed E-state index contributed by atoms with van der Waals surface area (Å²) in [6, 6.07) is 5.48. The van der Waals surface area contributed by atoms with Crippen LogP contribution >= 0.6 is 23.1 Å². The van der Waals surface area contributed by atoms with Crippen LogP contribution in [0.2, 0.25) is 5.02 Å². The maximum atomic E-state index is 11.8. The molecule has 0 unspecified atom stereocenters. The molecule has 0 atom stereocenters. The van der Waals surface area contributed by atoms with Gasteiger partial charge in [0, 0.05) is 5.02 Å². The third-order valence-electron chi connectivity index (χ3n) is 2.22. The molecule has 7 nitrogen and oxygen atoms in total. The fourth-order valence-electron chi connectivity index (χ4n) is 1.24. The van der Waals surface area contributed by atoms with Crippen LogP contribution in [0.5, 0.6) is 0 Å². The van der Waals surface area contributed by atoms with Crippen LogP contribution in [0.15, 0.2) is 34.3 Å². The van der Waals surface area contributed by atoms with Crippen LogP contribution in [0.25, 0.3) is 0 Å². The van der Waals surface area contributed by atoms with E-state index in [4.69, 9.17) is 17.3 Å². The van der Waals surface area contributed by atoms with Crippen LogP contribution in [-0.4, -0.2) is 23.8 Å². The van der Waals surface area contributed by atoms with E-state index in [1.54, 1.807) is 6.92 Å². The summed E-state index contributed by atoms with van der Waals surface area (Å²) in [5.41, 5.74) is 6.16. The zero-order valence-electron chi connectivity index (χ0n) is 10.1. The lowest BCUT2D eigenvalue weighted by Crippen LogP contribution is -2.15. The standard InChI is InChI=1S/C10H9ClN4O3S2/c1-6-9(19-15-13-6)10(12)14-18-20(16,17)8-4-2-7(11)3-5-8/h2-5H,1H3,(H2,12,14). The molecule has 0 fully saturated rings. The Labute approximate surface area is 124 Å². The Bertz CT molecular complexity index is 740. The van der Waals surface area contributed by atoms with Gasteiger partial charge in [0.2, 0.25) is 0 Å². The lowest BCUT2D eigenvalue weighted by atomic mass is 10.4. The first-order valence-corrected chi connectivity index (χ1v) is 7.78. The van der Waals surface area contributed by atoms with Crippen LogP contribution in [0.3, 0.4) is 0 Å². The summed E-state index contributed by atoms with van der Waals surface area (Å²) >= 11 is 6.68. The Balaban J connectivity index is 2.21. The number of hydrogen-bond acceptors (Lipinski definition) is 7. The van der Waals surface area contributed by atoms with E-state index < -0.39 is 10.1 Å². The fourth-order valence-corrected chi connectivity index (χ4v) is 2.65. The number of nitrogens with two attached hydrogens (primary N) is 1. The zero-order valence-corrected chi connectivity index (χ0v) is 12.5. The van der Waals surface area contributed by atoms with Gasteiger partial charge in [-0.1, -0.05) is 16.1 Å². The highest BCUT2D eigenvalue weighted by Gasteiger charge is 2.17. The van der Waals surface area contributed by atoms with E-state index >= 15 is 0 Å². The summed E-state index contributed by atoms with van der Waals surface area (Å²) in [6.45, 7) is 1.68. The van der Waals surface area contributed by atoms with Crippen LogP contribution in [0.1, 0.15) is 10.6 Å². The predicted octanol–water partition coefficient (Wildman–Crippen LogP) is 1.53. The van der Waals surface area contributed by atoms with Crippen LogP contribution in [0, 0.1) is 6.92 Å². The van der Waals surface area contributed by atoms with Gasteiger partial charge < -0.3 is 5.73 Å². The van der Waals surface area contributed by atoms with Crippen molar-refractivity contribution in [3.05, 3.63) is 39.9 Å². The predicted molar refractivity (Wildman–Crippen MR) is 75.1 cm³/mol. The smallest absolute Gasteiger partial charge is 0.358 e. The second kappa shape index (κ2) is 5.73. The van der Waals surface area contributed by atoms with E-state index in [0.29, 0.717) is 15.6 Å². The van der Waals surface area contributed by atoms with Crippen molar-refractivity contribution in [2.75, 3.05) is 0 Å². The van der Waals surface area contributed by atoms with E-state index in [1.807, 2.05) is 0 Å². The van der Waals surface area contributed by atoms with Crippen molar-refractivity contribution in [3.8, 4) is 0 Å². The molecule has 1 aromatic carbocycles. The maximum absolute atomic E-state index is 11.8. The molecule has 1 heterocycles. The Morgan fingerprint density at radius 2 is 2.05 bits per heavy atom. The summed E-state index contributed by atoms with van der Waals surface area (Å²) in [6.07, 6.45) is 0. The lowest BCUT2D eigenvalue weighted by Gasteiger charge is -2.02. The van der Waals surface area contributed by atoms with Crippen molar-refractivity contribution in [1.82, 2.24) is 9.59 Å². The molecule has 0 saturated heterocycles. The molecule has 0 spiro atoms. The van der Waals surface area contributed by atoms with Gasteiger partial charge in [0.05, 0.1) is 5.69 Å². The summed E-state index contributed by atoms with van der Waals surface area (Å²) in [4.78, 5) is 0.383. The van der Waals surface area contributed by atoms with Gasteiger partial charge in [-0.25, -0.2) is 0 Å². The number of amidine groups is 1. The van der Waals surface area contributed by atoms with Crippen molar-refractivity contribution in [3.63, 3.8) is 0 Å². The van der Waals surface area contributed by atoms with Gasteiger partial charge in [-0.2, -0.15) is 8.42 Å². The number of benzene rings is 1. The third-order valence-corrected chi connectivity index (χ3v) is 4.44. The highest BCUT2D eigenvalue weighted by atomic mass is 35.5. The zero-order chi connectivity index (χ0) is 14.8. The molecule has 2 rings (SSSR count). The Morgan fingerprint density at radius 3 is 2.60 bits per heavy atom. The van der Waals surface area contributed by atoms with Crippen molar-refractivity contribution in [1.29, 1.82) is 0 Å². The molecule has 0 bridgehead atoms. The van der Waals surface area contributed by atoms with Gasteiger partial charge in [0.15, 0.2) is 5.84 Å². The van der Waals surface area contributed by atoms with E-state index in [9.17, 15) is 8.42 Å². The van der Waals surface area contributed by atoms with Gasteiger partial charge in [0.1, 0.15) is 9.77 Å². The van der Waals surface area contributed by atoms with Crippen molar-refractivity contribution in [2.45, 2.75) is 11.8 Å². The minimum Gasteiger partial charge on any atom is -0.380 e.